The van der Waals surface area contributed by atoms with Crippen LogP contribution in [0.5, 0.6) is 5.75 Å². The van der Waals surface area contributed by atoms with Crippen LogP contribution in [0.3, 0.4) is 0 Å². The third-order valence-corrected chi connectivity index (χ3v) is 3.19. The maximum absolute atomic E-state index is 13.8. The minimum Gasteiger partial charge on any atom is -0.494 e. The Bertz CT molecular complexity index is 390. The van der Waals surface area contributed by atoms with Gasteiger partial charge in [-0.05, 0) is 37.0 Å². The van der Waals surface area contributed by atoms with Gasteiger partial charge < -0.3 is 10.5 Å². The first-order valence-corrected chi connectivity index (χ1v) is 5.64. The summed E-state index contributed by atoms with van der Waals surface area (Å²) in [6, 6.07) is 3.39. The van der Waals surface area contributed by atoms with Gasteiger partial charge in [0.05, 0.1) is 7.11 Å². The third kappa shape index (κ3) is 2.32. The fourth-order valence-corrected chi connectivity index (χ4v) is 2.10. The molecule has 0 spiro atoms. The molecule has 2 nitrogen and oxygen atoms in total. The molecule has 1 saturated carbocycles. The van der Waals surface area contributed by atoms with Crippen molar-refractivity contribution in [2.45, 2.75) is 24.8 Å². The van der Waals surface area contributed by atoms with E-state index < -0.39 is 0 Å². The van der Waals surface area contributed by atoms with Gasteiger partial charge >= 0.3 is 0 Å². The number of benzene rings is 1. The van der Waals surface area contributed by atoms with Crippen LogP contribution in [0.2, 0.25) is 0 Å². The first-order chi connectivity index (χ1) is 7.04. The zero-order valence-corrected chi connectivity index (χ0v) is 10.1. The minimum absolute atomic E-state index is 0.188. The van der Waals surface area contributed by atoms with Gasteiger partial charge in [-0.25, -0.2) is 4.39 Å². The van der Waals surface area contributed by atoms with Crippen LogP contribution < -0.4 is 10.5 Å². The summed E-state index contributed by atoms with van der Waals surface area (Å²) in [7, 11) is 1.46. The lowest BCUT2D eigenvalue weighted by atomic mass is 10.0. The number of hydrogen-bond donors (Lipinski definition) is 1. The van der Waals surface area contributed by atoms with E-state index in [1.165, 1.54) is 7.11 Å². The molecule has 1 aliphatic carbocycles. The zero-order valence-electron chi connectivity index (χ0n) is 8.52. The van der Waals surface area contributed by atoms with Gasteiger partial charge in [0.25, 0.3) is 0 Å². The van der Waals surface area contributed by atoms with Gasteiger partial charge in [0.2, 0.25) is 0 Å². The fourth-order valence-electron chi connectivity index (χ4n) is 1.61. The van der Waals surface area contributed by atoms with Crippen LogP contribution in [0.15, 0.2) is 16.6 Å². The lowest BCUT2D eigenvalue weighted by Crippen LogP contribution is -2.25. The third-order valence-electron chi connectivity index (χ3n) is 2.73. The highest BCUT2D eigenvalue weighted by Gasteiger charge is 2.39. The summed E-state index contributed by atoms with van der Waals surface area (Å²) < 4.78 is 19.6. The summed E-state index contributed by atoms with van der Waals surface area (Å²) in [4.78, 5) is 0. The fraction of sp³-hybridized carbons (Fsp3) is 0.455. The molecule has 15 heavy (non-hydrogen) atoms. The quantitative estimate of drug-likeness (QED) is 0.919. The molecular weight excluding hydrogens is 261 g/mol. The number of rotatable bonds is 3. The van der Waals surface area contributed by atoms with Gasteiger partial charge in [0.15, 0.2) is 11.6 Å². The van der Waals surface area contributed by atoms with E-state index in [0.29, 0.717) is 12.0 Å². The molecule has 0 bridgehead atoms. The molecule has 82 valence electrons. The van der Waals surface area contributed by atoms with Crippen molar-refractivity contribution in [1.29, 1.82) is 0 Å². The van der Waals surface area contributed by atoms with E-state index in [4.69, 9.17) is 10.5 Å². The van der Waals surface area contributed by atoms with Crippen molar-refractivity contribution in [3.63, 3.8) is 0 Å². The summed E-state index contributed by atoms with van der Waals surface area (Å²) in [5.74, 6) is -0.0268. The van der Waals surface area contributed by atoms with Crippen molar-refractivity contribution in [3.05, 3.63) is 28.0 Å². The molecule has 0 radical (unpaired) electrons. The highest BCUT2D eigenvalue weighted by molar-refractivity contribution is 9.10. The number of nitrogens with two attached hydrogens (primary N) is 1. The standard InChI is InChI=1S/C11H13BrFNO/c1-15-9-5-8(12)4-7(10(9)13)6-11(14)2-3-11/h4-5H,2-3,6,14H2,1H3. The van der Waals surface area contributed by atoms with Crippen molar-refractivity contribution in [2.24, 2.45) is 5.73 Å². The molecule has 0 aliphatic heterocycles. The van der Waals surface area contributed by atoms with Gasteiger partial charge in [-0.15, -0.1) is 0 Å². The average Bonchev–Trinajstić information content (AvgIpc) is 2.89. The lowest BCUT2D eigenvalue weighted by Gasteiger charge is -2.12. The predicted octanol–water partition coefficient (Wildman–Crippen LogP) is 2.63. The summed E-state index contributed by atoms with van der Waals surface area (Å²) in [6.45, 7) is 0. The maximum atomic E-state index is 13.8. The molecular formula is C11H13BrFNO. The van der Waals surface area contributed by atoms with E-state index in [-0.39, 0.29) is 17.1 Å². The molecule has 1 fully saturated rings. The van der Waals surface area contributed by atoms with Gasteiger partial charge in [0.1, 0.15) is 0 Å². The Morgan fingerprint density at radius 3 is 2.73 bits per heavy atom. The van der Waals surface area contributed by atoms with E-state index in [0.717, 1.165) is 17.3 Å². The van der Waals surface area contributed by atoms with Gasteiger partial charge in [-0.1, -0.05) is 15.9 Å². The Morgan fingerprint density at radius 1 is 1.53 bits per heavy atom. The number of methoxy groups -OCH3 is 1. The summed E-state index contributed by atoms with van der Waals surface area (Å²) in [5.41, 5.74) is 6.40. The number of halogens is 2. The molecule has 0 unspecified atom stereocenters. The SMILES string of the molecule is COc1cc(Br)cc(CC2(N)CC2)c1F. The summed E-state index contributed by atoms with van der Waals surface area (Å²) >= 11 is 3.33. The topological polar surface area (TPSA) is 35.2 Å². The van der Waals surface area contributed by atoms with Crippen LogP contribution in [0.25, 0.3) is 0 Å². The van der Waals surface area contributed by atoms with E-state index >= 15 is 0 Å². The normalized spacial score (nSPS) is 17.6. The zero-order chi connectivity index (χ0) is 11.1. The summed E-state index contributed by atoms with van der Waals surface area (Å²) in [5, 5.41) is 0. The van der Waals surface area contributed by atoms with Crippen LogP contribution in [0.1, 0.15) is 18.4 Å². The smallest absolute Gasteiger partial charge is 0.168 e. The number of hydrogen-bond acceptors (Lipinski definition) is 2. The second kappa shape index (κ2) is 3.76. The molecule has 0 aromatic heterocycles. The van der Waals surface area contributed by atoms with E-state index in [9.17, 15) is 4.39 Å². The van der Waals surface area contributed by atoms with Crippen LogP contribution in [0.4, 0.5) is 4.39 Å². The van der Waals surface area contributed by atoms with Crippen LogP contribution in [-0.2, 0) is 6.42 Å². The Kier molecular flexibility index (Phi) is 2.73. The van der Waals surface area contributed by atoms with Crippen LogP contribution in [0, 0.1) is 5.82 Å². The van der Waals surface area contributed by atoms with Crippen molar-refractivity contribution in [2.75, 3.05) is 7.11 Å². The highest BCUT2D eigenvalue weighted by atomic mass is 79.9. The van der Waals surface area contributed by atoms with Crippen molar-refractivity contribution in [3.8, 4) is 5.75 Å². The predicted molar refractivity (Wildman–Crippen MR) is 60.5 cm³/mol. The molecule has 2 rings (SSSR count). The lowest BCUT2D eigenvalue weighted by molar-refractivity contribution is 0.383. The Morgan fingerprint density at radius 2 is 2.20 bits per heavy atom. The van der Waals surface area contributed by atoms with Gasteiger partial charge in [-0.2, -0.15) is 0 Å². The summed E-state index contributed by atoms with van der Waals surface area (Å²) in [6.07, 6.45) is 2.52. The van der Waals surface area contributed by atoms with Crippen molar-refractivity contribution >= 4 is 15.9 Å². The molecule has 0 heterocycles. The molecule has 1 aromatic rings. The molecule has 1 aliphatic rings. The Hall–Kier alpha value is -0.610. The van der Waals surface area contributed by atoms with E-state index in [1.54, 1.807) is 12.1 Å². The molecule has 0 amide bonds. The highest BCUT2D eigenvalue weighted by Crippen LogP contribution is 2.38. The molecule has 0 atom stereocenters. The molecule has 1 aromatic carbocycles. The van der Waals surface area contributed by atoms with Crippen molar-refractivity contribution in [1.82, 2.24) is 0 Å². The van der Waals surface area contributed by atoms with E-state index in [2.05, 4.69) is 15.9 Å². The Labute approximate surface area is 96.7 Å². The van der Waals surface area contributed by atoms with Gasteiger partial charge in [-0.3, -0.25) is 0 Å². The first kappa shape index (κ1) is 10.9. The van der Waals surface area contributed by atoms with Crippen LogP contribution >= 0.6 is 15.9 Å². The van der Waals surface area contributed by atoms with Crippen molar-refractivity contribution < 1.29 is 9.13 Å². The second-order valence-corrected chi connectivity index (χ2v) is 5.04. The monoisotopic (exact) mass is 273 g/mol. The van der Waals surface area contributed by atoms with Gasteiger partial charge in [0, 0.05) is 10.0 Å². The Balaban J connectivity index is 2.32. The average molecular weight is 274 g/mol. The molecule has 2 N–H and O–H groups in total. The minimum atomic E-state index is -0.294. The molecule has 0 saturated heterocycles. The van der Waals surface area contributed by atoms with Crippen LogP contribution in [-0.4, -0.2) is 12.6 Å². The maximum Gasteiger partial charge on any atom is 0.168 e. The second-order valence-electron chi connectivity index (χ2n) is 4.12. The first-order valence-electron chi connectivity index (χ1n) is 4.85. The largest absolute Gasteiger partial charge is 0.494 e. The van der Waals surface area contributed by atoms with E-state index in [1.807, 2.05) is 0 Å². The number of ether oxygens (including phenoxy) is 1. The molecule has 4 heteroatoms.